The van der Waals surface area contributed by atoms with Gasteiger partial charge in [-0.25, -0.2) is 0 Å². The van der Waals surface area contributed by atoms with Crippen molar-refractivity contribution in [1.29, 1.82) is 0 Å². The largest absolute Gasteiger partial charge is 0.170 e. The molecule has 0 saturated carbocycles. The quantitative estimate of drug-likeness (QED) is 0.508. The van der Waals surface area contributed by atoms with Crippen LogP contribution in [0.4, 0.5) is 0 Å². The molecule has 9 heavy (non-hydrogen) atoms. The first kappa shape index (κ1) is 9.86. The highest BCUT2D eigenvalue weighted by Crippen LogP contribution is 2.29. The lowest BCUT2D eigenvalue weighted by atomic mass is 9.42. The Morgan fingerprint density at radius 1 is 1.33 bits per heavy atom. The third kappa shape index (κ3) is 4.29. The van der Waals surface area contributed by atoms with Crippen molar-refractivity contribution in [2.45, 2.75) is 33.5 Å². The van der Waals surface area contributed by atoms with E-state index in [4.69, 9.17) is 0 Å². The van der Waals surface area contributed by atoms with E-state index in [9.17, 15) is 0 Å². The van der Waals surface area contributed by atoms with Crippen molar-refractivity contribution >= 4 is 34.6 Å². The Morgan fingerprint density at radius 2 is 1.78 bits per heavy atom. The summed E-state index contributed by atoms with van der Waals surface area (Å²) in [4.78, 5) is 0. The van der Waals surface area contributed by atoms with E-state index in [1.165, 1.54) is 0 Å². The lowest BCUT2D eigenvalue weighted by Crippen LogP contribution is -2.19. The minimum absolute atomic E-state index is 0.418. The van der Waals surface area contributed by atoms with Gasteiger partial charge < -0.3 is 0 Å². The van der Waals surface area contributed by atoms with E-state index in [-0.39, 0.29) is 0 Å². The molecule has 3 heteroatoms. The Kier molecular flexibility index (Phi) is 4.26. The van der Waals surface area contributed by atoms with Gasteiger partial charge in [-0.05, 0) is 5.41 Å². The van der Waals surface area contributed by atoms with Crippen LogP contribution in [0.2, 0.25) is 5.82 Å². The molecule has 0 aliphatic rings. The van der Waals surface area contributed by atoms with Gasteiger partial charge in [0.2, 0.25) is 0 Å². The molecule has 0 aliphatic heterocycles. The van der Waals surface area contributed by atoms with Crippen LogP contribution >= 0.6 is 22.4 Å². The predicted octanol–water partition coefficient (Wildman–Crippen LogP) is 2.51. The smallest absolute Gasteiger partial charge is 0.154 e. The van der Waals surface area contributed by atoms with E-state index < -0.39 is 0 Å². The van der Waals surface area contributed by atoms with Gasteiger partial charge in [-0.1, -0.05) is 33.5 Å². The molecule has 1 atom stereocenters. The lowest BCUT2D eigenvalue weighted by molar-refractivity contribution is 0.397. The van der Waals surface area contributed by atoms with Crippen LogP contribution < -0.4 is 0 Å². The third-order valence-electron chi connectivity index (χ3n) is 1.73. The number of halogens is 1. The average Bonchev–Trinajstić information content (AvgIpc) is 1.64. The van der Waals surface area contributed by atoms with Crippen LogP contribution in [0.25, 0.3) is 0 Å². The van der Waals surface area contributed by atoms with Gasteiger partial charge in [-0.2, -0.15) is 22.4 Å². The topological polar surface area (TPSA) is 0 Å². The number of rotatable bonds is 2. The molecule has 1 unspecified atom stereocenters. The second kappa shape index (κ2) is 3.89. The van der Waals surface area contributed by atoms with E-state index in [2.05, 4.69) is 62.3 Å². The van der Waals surface area contributed by atoms with E-state index in [1.807, 2.05) is 0 Å². The first-order valence-corrected chi connectivity index (χ1v) is 4.50. The standard InChI is InChI=1S/C6H13B2I/c1-5(7-8-9)6(2,3)4/h5H,1-4H3. The second-order valence-electron chi connectivity index (χ2n) is 3.47. The zero-order valence-corrected chi connectivity index (χ0v) is 8.77. The molecule has 0 aromatic rings. The van der Waals surface area contributed by atoms with Crippen LogP contribution in [0.15, 0.2) is 0 Å². The van der Waals surface area contributed by atoms with Crippen LogP contribution in [-0.4, -0.2) is 12.2 Å². The van der Waals surface area contributed by atoms with Gasteiger partial charge in [0.15, 0.2) is 5.03 Å². The highest BCUT2D eigenvalue weighted by molar-refractivity contribution is 14.1. The van der Waals surface area contributed by atoms with Gasteiger partial charge in [-0.15, -0.1) is 0 Å². The number of hydrogen-bond acceptors (Lipinski definition) is 0. The molecule has 0 N–H and O–H groups in total. The van der Waals surface area contributed by atoms with Crippen molar-refractivity contribution in [3.05, 3.63) is 0 Å². The van der Waals surface area contributed by atoms with Gasteiger partial charge in [0.25, 0.3) is 0 Å². The van der Waals surface area contributed by atoms with E-state index in [0.29, 0.717) is 11.2 Å². The van der Waals surface area contributed by atoms with Crippen molar-refractivity contribution in [3.63, 3.8) is 0 Å². The third-order valence-corrected chi connectivity index (χ3v) is 2.14. The summed E-state index contributed by atoms with van der Waals surface area (Å²) in [6.07, 6.45) is 0. The first-order valence-electron chi connectivity index (χ1n) is 3.25. The van der Waals surface area contributed by atoms with Crippen molar-refractivity contribution in [2.24, 2.45) is 5.41 Å². The molecular formula is C6H13B2I. The Bertz CT molecular complexity index is 77.6. The van der Waals surface area contributed by atoms with Crippen LogP contribution in [0.3, 0.4) is 0 Å². The summed E-state index contributed by atoms with van der Waals surface area (Å²) >= 11 is 2.26. The lowest BCUT2D eigenvalue weighted by Gasteiger charge is -2.26. The normalized spacial score (nSPS) is 14.8. The van der Waals surface area contributed by atoms with Gasteiger partial charge in [0, 0.05) is 0 Å². The molecule has 0 bridgehead atoms. The van der Waals surface area contributed by atoms with Gasteiger partial charge in [0.1, 0.15) is 0 Å². The molecule has 0 nitrogen and oxygen atoms in total. The minimum Gasteiger partial charge on any atom is -0.170 e. The Hall–Kier alpha value is 0.860. The highest BCUT2D eigenvalue weighted by Gasteiger charge is 2.18. The van der Waals surface area contributed by atoms with Gasteiger partial charge in [0.05, 0.1) is 7.17 Å². The van der Waals surface area contributed by atoms with Gasteiger partial charge in [-0.3, -0.25) is 0 Å². The van der Waals surface area contributed by atoms with Crippen LogP contribution in [0.5, 0.6) is 0 Å². The Labute approximate surface area is 73.5 Å². The summed E-state index contributed by atoms with van der Waals surface area (Å²) in [5.41, 5.74) is 0.418. The van der Waals surface area contributed by atoms with E-state index in [1.54, 1.807) is 0 Å². The second-order valence-corrected chi connectivity index (χ2v) is 4.19. The molecule has 0 saturated heterocycles. The van der Waals surface area contributed by atoms with E-state index >= 15 is 0 Å². The summed E-state index contributed by atoms with van der Waals surface area (Å²) in [5, 5.41) is 2.09. The maximum absolute atomic E-state index is 2.26. The highest BCUT2D eigenvalue weighted by atomic mass is 127. The molecule has 0 spiro atoms. The Morgan fingerprint density at radius 3 is 1.89 bits per heavy atom. The SMILES string of the molecule is CC([B][B]I)C(C)(C)C. The predicted molar refractivity (Wildman–Crippen MR) is 54.4 cm³/mol. The maximum Gasteiger partial charge on any atom is 0.154 e. The van der Waals surface area contributed by atoms with Crippen LogP contribution in [-0.2, 0) is 0 Å². The molecule has 2 radical (unpaired) electrons. The minimum atomic E-state index is 0.418. The maximum atomic E-state index is 2.26. The molecule has 50 valence electrons. The summed E-state index contributed by atoms with van der Waals surface area (Å²) in [5.74, 6) is 0.675. The van der Waals surface area contributed by atoms with E-state index in [0.717, 1.165) is 0 Å². The molecule has 0 amide bonds. The molecule has 0 aromatic carbocycles. The molecule has 0 heterocycles. The Balaban J connectivity index is 3.59. The monoisotopic (exact) mass is 234 g/mol. The van der Waals surface area contributed by atoms with Crippen LogP contribution in [0.1, 0.15) is 27.7 Å². The summed E-state index contributed by atoms with van der Waals surface area (Å²) in [7, 11) is 2.24. The van der Waals surface area contributed by atoms with Crippen molar-refractivity contribution in [2.75, 3.05) is 0 Å². The molecule has 0 aliphatic carbocycles. The molecular weight excluding hydrogens is 221 g/mol. The summed E-state index contributed by atoms with van der Waals surface area (Å²) in [6.45, 7) is 9.02. The van der Waals surface area contributed by atoms with Crippen molar-refractivity contribution in [1.82, 2.24) is 0 Å². The molecule has 0 rings (SSSR count). The van der Waals surface area contributed by atoms with Crippen molar-refractivity contribution < 1.29 is 0 Å². The zero-order chi connectivity index (χ0) is 7.49. The fraction of sp³-hybridized carbons (Fsp3) is 1.00. The molecule has 0 fully saturated rings. The number of hydrogen-bond donors (Lipinski definition) is 0. The molecule has 0 aromatic heterocycles. The van der Waals surface area contributed by atoms with Crippen LogP contribution in [0, 0.1) is 5.41 Å². The zero-order valence-electron chi connectivity index (χ0n) is 6.61. The fourth-order valence-corrected chi connectivity index (χ4v) is 1.02. The van der Waals surface area contributed by atoms with Crippen molar-refractivity contribution in [3.8, 4) is 0 Å². The summed E-state index contributed by atoms with van der Waals surface area (Å²) in [6, 6.07) is 0. The summed E-state index contributed by atoms with van der Waals surface area (Å²) < 4.78 is 0. The first-order chi connectivity index (χ1) is 3.98. The average molecular weight is 234 g/mol. The fourth-order valence-electron chi connectivity index (χ4n) is 0.398. The van der Waals surface area contributed by atoms with Gasteiger partial charge >= 0.3 is 0 Å².